The molecule has 16 heavy (non-hydrogen) atoms. The number of fused-ring (bicyclic) bond motifs is 3. The third kappa shape index (κ3) is 1.17. The Morgan fingerprint density at radius 3 is 2.44 bits per heavy atom. The maximum Gasteiger partial charge on any atom is 0.240 e. The third-order valence-corrected chi connectivity index (χ3v) is 2.35. The number of aromatic nitrogens is 3. The molecular weight excluding hydrogens is 208 g/mol. The second-order valence-electron chi connectivity index (χ2n) is 3.24. The summed E-state index contributed by atoms with van der Waals surface area (Å²) in [4.78, 5) is 15.8. The number of nitrogens with zero attached hydrogens (tertiary/aromatic N) is 3. The molecule has 0 amide bonds. The Bertz CT molecular complexity index is 583. The van der Waals surface area contributed by atoms with Gasteiger partial charge in [-0.1, -0.05) is 24.3 Å². The van der Waals surface area contributed by atoms with Crippen LogP contribution in [0.1, 0.15) is 16.1 Å². The zero-order valence-corrected chi connectivity index (χ0v) is 8.14. The highest BCUT2D eigenvalue weighted by Gasteiger charge is 2.29. The molecule has 0 saturated heterocycles. The van der Waals surface area contributed by atoms with Gasteiger partial charge in [0.2, 0.25) is 11.7 Å². The van der Waals surface area contributed by atoms with Gasteiger partial charge in [-0.2, -0.15) is 0 Å². The monoisotopic (exact) mass is 216 g/mol. The van der Waals surface area contributed by atoms with Crippen molar-refractivity contribution in [2.24, 2.45) is 0 Å². The zero-order valence-electron chi connectivity index (χ0n) is 8.14. The number of rotatable bonds is 0. The first kappa shape index (κ1) is 10.2. The fourth-order valence-electron chi connectivity index (χ4n) is 1.69. The van der Waals surface area contributed by atoms with E-state index in [1.807, 2.05) is 12.1 Å². The van der Waals surface area contributed by atoms with Crippen molar-refractivity contribution in [3.05, 3.63) is 35.5 Å². The van der Waals surface area contributed by atoms with Crippen LogP contribution in [0.4, 0.5) is 5.95 Å². The summed E-state index contributed by atoms with van der Waals surface area (Å²) < 4.78 is 0. The third-order valence-electron chi connectivity index (χ3n) is 2.35. The SMILES string of the molecule is Nc1nnc2c(n1)-c1ccccc1C2=O.O. The van der Waals surface area contributed by atoms with Crippen LogP contribution in [0.2, 0.25) is 0 Å². The first-order valence-electron chi connectivity index (χ1n) is 4.41. The van der Waals surface area contributed by atoms with E-state index >= 15 is 0 Å². The molecule has 0 bridgehead atoms. The normalized spacial score (nSPS) is 11.6. The Kier molecular flexibility index (Phi) is 2.13. The van der Waals surface area contributed by atoms with Gasteiger partial charge in [0.1, 0.15) is 5.69 Å². The van der Waals surface area contributed by atoms with Crippen LogP contribution >= 0.6 is 0 Å². The summed E-state index contributed by atoms with van der Waals surface area (Å²) in [6.07, 6.45) is 0. The fourth-order valence-corrected chi connectivity index (χ4v) is 1.69. The van der Waals surface area contributed by atoms with Gasteiger partial charge in [0.25, 0.3) is 0 Å². The lowest BCUT2D eigenvalue weighted by Gasteiger charge is -1.96. The lowest BCUT2D eigenvalue weighted by molar-refractivity contribution is 0.103. The van der Waals surface area contributed by atoms with Crippen molar-refractivity contribution >= 4 is 11.7 Å². The molecule has 1 aliphatic rings. The van der Waals surface area contributed by atoms with E-state index in [1.165, 1.54) is 0 Å². The summed E-state index contributed by atoms with van der Waals surface area (Å²) in [5, 5.41) is 7.35. The first-order chi connectivity index (χ1) is 7.27. The van der Waals surface area contributed by atoms with Gasteiger partial charge in [-0.05, 0) is 0 Å². The van der Waals surface area contributed by atoms with E-state index in [4.69, 9.17) is 5.73 Å². The average Bonchev–Trinajstić information content (AvgIpc) is 2.54. The quantitative estimate of drug-likeness (QED) is 0.560. The molecule has 4 N–H and O–H groups in total. The van der Waals surface area contributed by atoms with E-state index in [0.29, 0.717) is 11.3 Å². The van der Waals surface area contributed by atoms with Crippen LogP contribution in [0.15, 0.2) is 24.3 Å². The number of nitrogen functional groups attached to an aromatic ring is 1. The predicted molar refractivity (Wildman–Crippen MR) is 56.7 cm³/mol. The van der Waals surface area contributed by atoms with E-state index in [2.05, 4.69) is 15.2 Å². The summed E-state index contributed by atoms with van der Waals surface area (Å²) >= 11 is 0. The summed E-state index contributed by atoms with van der Waals surface area (Å²) in [6.45, 7) is 0. The summed E-state index contributed by atoms with van der Waals surface area (Å²) in [5.74, 6) is -0.0566. The summed E-state index contributed by atoms with van der Waals surface area (Å²) in [7, 11) is 0. The molecule has 1 heterocycles. The number of nitrogens with two attached hydrogens (primary N) is 1. The van der Waals surface area contributed by atoms with Gasteiger partial charge >= 0.3 is 0 Å². The van der Waals surface area contributed by atoms with Crippen LogP contribution in [0.5, 0.6) is 0 Å². The van der Waals surface area contributed by atoms with Crippen molar-refractivity contribution in [3.63, 3.8) is 0 Å². The molecule has 0 atom stereocenters. The van der Waals surface area contributed by atoms with Gasteiger partial charge in [0.05, 0.1) is 0 Å². The van der Waals surface area contributed by atoms with Gasteiger partial charge in [-0.15, -0.1) is 10.2 Å². The molecular formula is C10H8N4O2. The van der Waals surface area contributed by atoms with E-state index in [1.54, 1.807) is 12.1 Å². The molecule has 3 rings (SSSR count). The van der Waals surface area contributed by atoms with Crippen LogP contribution in [-0.4, -0.2) is 26.4 Å². The number of ketones is 1. The number of anilines is 1. The Labute approximate surface area is 90.5 Å². The van der Waals surface area contributed by atoms with Gasteiger partial charge in [-0.3, -0.25) is 4.79 Å². The van der Waals surface area contributed by atoms with Crippen molar-refractivity contribution in [2.45, 2.75) is 0 Å². The first-order valence-corrected chi connectivity index (χ1v) is 4.41. The lowest BCUT2D eigenvalue weighted by Crippen LogP contribution is -2.04. The Morgan fingerprint density at radius 1 is 1.00 bits per heavy atom. The average molecular weight is 216 g/mol. The van der Waals surface area contributed by atoms with E-state index in [9.17, 15) is 4.79 Å². The number of hydrogen-bond donors (Lipinski definition) is 1. The van der Waals surface area contributed by atoms with Crippen molar-refractivity contribution in [2.75, 3.05) is 5.73 Å². The van der Waals surface area contributed by atoms with Crippen molar-refractivity contribution in [3.8, 4) is 11.3 Å². The minimum absolute atomic E-state index is 0. The lowest BCUT2D eigenvalue weighted by atomic mass is 10.1. The van der Waals surface area contributed by atoms with Gasteiger partial charge < -0.3 is 11.2 Å². The molecule has 6 heteroatoms. The molecule has 0 aliphatic heterocycles. The van der Waals surface area contributed by atoms with E-state index in [-0.39, 0.29) is 22.9 Å². The van der Waals surface area contributed by atoms with Crippen molar-refractivity contribution in [1.82, 2.24) is 15.2 Å². The minimum atomic E-state index is -0.138. The Hall–Kier alpha value is -2.34. The van der Waals surface area contributed by atoms with Crippen LogP contribution in [0.25, 0.3) is 11.3 Å². The standard InChI is InChI=1S/C10H6N4O.H2O/c11-10-12-7-5-3-1-2-4-6(5)9(15)8(7)13-14-10;/h1-4H,(H2,11,12,14);1H2. The fraction of sp³-hybridized carbons (Fsp3) is 0. The largest absolute Gasteiger partial charge is 0.412 e. The molecule has 1 aromatic heterocycles. The Balaban J connectivity index is 0.000000963. The number of benzene rings is 1. The molecule has 0 radical (unpaired) electrons. The van der Waals surface area contributed by atoms with Gasteiger partial charge in [0, 0.05) is 11.1 Å². The highest BCUT2D eigenvalue weighted by atomic mass is 16.1. The predicted octanol–water partition coefficient (Wildman–Crippen LogP) is -0.160. The van der Waals surface area contributed by atoms with Crippen LogP contribution < -0.4 is 5.73 Å². The summed E-state index contributed by atoms with van der Waals surface area (Å²) in [5.41, 5.74) is 7.64. The maximum absolute atomic E-state index is 11.8. The van der Waals surface area contributed by atoms with Crippen LogP contribution in [0, 0.1) is 0 Å². The second kappa shape index (κ2) is 3.35. The van der Waals surface area contributed by atoms with Crippen LogP contribution in [-0.2, 0) is 0 Å². The minimum Gasteiger partial charge on any atom is -0.412 e. The zero-order chi connectivity index (χ0) is 10.4. The Morgan fingerprint density at radius 2 is 1.69 bits per heavy atom. The summed E-state index contributed by atoms with van der Waals surface area (Å²) in [6, 6.07) is 7.23. The number of carbonyl (C=O) groups is 1. The number of hydrogen-bond acceptors (Lipinski definition) is 5. The molecule has 0 spiro atoms. The van der Waals surface area contributed by atoms with Crippen molar-refractivity contribution in [1.29, 1.82) is 0 Å². The number of carbonyl (C=O) groups excluding carboxylic acids is 1. The molecule has 80 valence electrons. The molecule has 1 aromatic carbocycles. The highest BCUT2D eigenvalue weighted by molar-refractivity contribution is 6.19. The van der Waals surface area contributed by atoms with Gasteiger partial charge in [-0.25, -0.2) is 4.98 Å². The topological polar surface area (TPSA) is 113 Å². The van der Waals surface area contributed by atoms with Crippen molar-refractivity contribution < 1.29 is 10.3 Å². The van der Waals surface area contributed by atoms with Crippen LogP contribution in [0.3, 0.4) is 0 Å². The molecule has 1 aliphatic carbocycles. The molecule has 0 unspecified atom stereocenters. The highest BCUT2D eigenvalue weighted by Crippen LogP contribution is 2.33. The maximum atomic E-state index is 11.8. The van der Waals surface area contributed by atoms with E-state index in [0.717, 1.165) is 5.56 Å². The molecule has 0 saturated carbocycles. The molecule has 6 nitrogen and oxygen atoms in total. The van der Waals surface area contributed by atoms with E-state index < -0.39 is 0 Å². The molecule has 2 aromatic rings. The smallest absolute Gasteiger partial charge is 0.240 e. The molecule has 0 fully saturated rings. The van der Waals surface area contributed by atoms with Gasteiger partial charge in [0.15, 0.2) is 5.69 Å². The second-order valence-corrected chi connectivity index (χ2v) is 3.24.